The molecule has 0 atom stereocenters. The molecule has 0 aliphatic carbocycles. The van der Waals surface area contributed by atoms with Gasteiger partial charge in [-0.15, -0.1) is 5.39 Å². The SMILES string of the molecule is O=C(O)CCON([O-])O. The van der Waals surface area contributed by atoms with Gasteiger partial charge in [-0.1, -0.05) is 0 Å². The maximum absolute atomic E-state index is 9.70. The van der Waals surface area contributed by atoms with Gasteiger partial charge in [0.2, 0.25) is 0 Å². The lowest BCUT2D eigenvalue weighted by atomic mass is 10.5. The van der Waals surface area contributed by atoms with Crippen LogP contribution in [0.25, 0.3) is 0 Å². The van der Waals surface area contributed by atoms with Crippen molar-refractivity contribution in [3.63, 3.8) is 0 Å². The van der Waals surface area contributed by atoms with E-state index in [1.807, 2.05) is 0 Å². The molecular weight excluding hydrogens is 130 g/mol. The van der Waals surface area contributed by atoms with Gasteiger partial charge >= 0.3 is 5.97 Å². The molecule has 9 heavy (non-hydrogen) atoms. The Bertz CT molecular complexity index is 92.2. The van der Waals surface area contributed by atoms with Crippen LogP contribution in [0.1, 0.15) is 6.42 Å². The summed E-state index contributed by atoms with van der Waals surface area (Å²) in [5.74, 6) is -1.09. The van der Waals surface area contributed by atoms with Crippen molar-refractivity contribution in [2.45, 2.75) is 6.42 Å². The molecule has 0 rings (SSSR count). The minimum Gasteiger partial charge on any atom is -0.738 e. The van der Waals surface area contributed by atoms with Crippen LogP contribution in [0.5, 0.6) is 0 Å². The molecule has 6 nitrogen and oxygen atoms in total. The second-order valence-corrected chi connectivity index (χ2v) is 1.21. The van der Waals surface area contributed by atoms with E-state index in [1.54, 1.807) is 0 Å². The fraction of sp³-hybridized carbons (Fsp3) is 0.667. The van der Waals surface area contributed by atoms with E-state index in [0.717, 1.165) is 0 Å². The summed E-state index contributed by atoms with van der Waals surface area (Å²) in [5.41, 5.74) is 0. The van der Waals surface area contributed by atoms with Gasteiger partial charge in [0.25, 0.3) is 0 Å². The first kappa shape index (κ1) is 8.31. The first-order chi connectivity index (χ1) is 4.13. The molecule has 0 bridgehead atoms. The first-order valence-corrected chi connectivity index (χ1v) is 2.14. The number of aliphatic carboxylic acids is 1. The molecule has 0 saturated heterocycles. The zero-order valence-electron chi connectivity index (χ0n) is 4.48. The molecule has 0 fully saturated rings. The van der Waals surface area contributed by atoms with Crippen molar-refractivity contribution in [1.29, 1.82) is 0 Å². The number of rotatable bonds is 4. The Hall–Kier alpha value is -0.690. The highest BCUT2D eigenvalue weighted by atomic mass is 17.1. The van der Waals surface area contributed by atoms with Crippen molar-refractivity contribution >= 4 is 5.97 Å². The zero-order chi connectivity index (χ0) is 7.28. The molecule has 2 N–H and O–H groups in total. The highest BCUT2D eigenvalue weighted by Gasteiger charge is 1.94. The lowest BCUT2D eigenvalue weighted by molar-refractivity contribution is -0.305. The van der Waals surface area contributed by atoms with Crippen LogP contribution >= 0.6 is 0 Å². The predicted molar refractivity (Wildman–Crippen MR) is 25.2 cm³/mol. The Balaban J connectivity index is 3.01. The Labute approximate surface area is 50.7 Å². The Morgan fingerprint density at radius 3 is 2.67 bits per heavy atom. The third-order valence-electron chi connectivity index (χ3n) is 0.518. The molecule has 54 valence electrons. The molecule has 0 aliphatic heterocycles. The van der Waals surface area contributed by atoms with E-state index in [9.17, 15) is 10.0 Å². The number of carboxylic acids is 1. The van der Waals surface area contributed by atoms with E-state index in [4.69, 9.17) is 10.3 Å². The van der Waals surface area contributed by atoms with Crippen LogP contribution in [0.4, 0.5) is 0 Å². The van der Waals surface area contributed by atoms with E-state index >= 15 is 0 Å². The molecule has 0 aromatic carbocycles. The smallest absolute Gasteiger partial charge is 0.305 e. The number of nitrogens with zero attached hydrogens (tertiary/aromatic N) is 1. The molecule has 0 unspecified atom stereocenters. The summed E-state index contributed by atoms with van der Waals surface area (Å²) in [6, 6.07) is 0. The van der Waals surface area contributed by atoms with E-state index in [-0.39, 0.29) is 13.0 Å². The quantitative estimate of drug-likeness (QED) is 0.510. The maximum Gasteiger partial charge on any atom is 0.305 e. The van der Waals surface area contributed by atoms with Gasteiger partial charge in [-0.25, -0.2) is 0 Å². The normalized spacial score (nSPS) is 10.1. The summed E-state index contributed by atoms with van der Waals surface area (Å²) in [5, 5.41) is 24.4. The van der Waals surface area contributed by atoms with E-state index in [1.165, 1.54) is 0 Å². The Morgan fingerprint density at radius 1 is 1.78 bits per heavy atom. The van der Waals surface area contributed by atoms with Crippen molar-refractivity contribution in [3.8, 4) is 0 Å². The summed E-state index contributed by atoms with van der Waals surface area (Å²) in [6.07, 6.45) is -0.306. The largest absolute Gasteiger partial charge is 0.738 e. The first-order valence-electron chi connectivity index (χ1n) is 2.14. The predicted octanol–water partition coefficient (Wildman–Crippen LogP) is -0.418. The summed E-state index contributed by atoms with van der Waals surface area (Å²) in [6.45, 7) is -0.324. The highest BCUT2D eigenvalue weighted by Crippen LogP contribution is 1.83. The van der Waals surface area contributed by atoms with Gasteiger partial charge in [-0.2, -0.15) is 0 Å². The van der Waals surface area contributed by atoms with Gasteiger partial charge in [0.1, 0.15) is 0 Å². The topological polar surface area (TPSA) is 93.1 Å². The van der Waals surface area contributed by atoms with Crippen molar-refractivity contribution < 1.29 is 19.9 Å². The Kier molecular flexibility index (Phi) is 3.89. The van der Waals surface area contributed by atoms with Gasteiger partial charge < -0.3 is 15.5 Å². The van der Waals surface area contributed by atoms with Crippen molar-refractivity contribution in [2.24, 2.45) is 0 Å². The number of hydrogen-bond acceptors (Lipinski definition) is 5. The second kappa shape index (κ2) is 4.21. The van der Waals surface area contributed by atoms with Gasteiger partial charge in [0.05, 0.1) is 13.0 Å². The van der Waals surface area contributed by atoms with Crippen LogP contribution in [0.3, 0.4) is 0 Å². The van der Waals surface area contributed by atoms with Crippen molar-refractivity contribution in [2.75, 3.05) is 6.61 Å². The summed E-state index contributed by atoms with van der Waals surface area (Å²) >= 11 is 0. The van der Waals surface area contributed by atoms with Gasteiger partial charge in [-0.05, 0) is 0 Å². The summed E-state index contributed by atoms with van der Waals surface area (Å²) in [7, 11) is 0. The minimum atomic E-state index is -1.09. The molecule has 0 aliphatic rings. The third-order valence-corrected chi connectivity index (χ3v) is 0.518. The maximum atomic E-state index is 9.70. The van der Waals surface area contributed by atoms with Crippen molar-refractivity contribution in [3.05, 3.63) is 5.21 Å². The fourth-order valence-electron chi connectivity index (χ4n) is 0.211. The van der Waals surface area contributed by atoms with E-state index in [2.05, 4.69) is 4.84 Å². The second-order valence-electron chi connectivity index (χ2n) is 1.21. The van der Waals surface area contributed by atoms with Crippen molar-refractivity contribution in [1.82, 2.24) is 5.39 Å². The standard InChI is InChI=1S/C3H6NO5/c5-3(6)1-2-9-4(7)8/h7H,1-2H2,(H,5,6)/q-1. The fourth-order valence-corrected chi connectivity index (χ4v) is 0.211. The van der Waals surface area contributed by atoms with Gasteiger partial charge in [0, 0.05) is 0 Å². The van der Waals surface area contributed by atoms with Crippen LogP contribution in [0.2, 0.25) is 0 Å². The monoisotopic (exact) mass is 136 g/mol. The van der Waals surface area contributed by atoms with E-state index < -0.39 is 11.4 Å². The summed E-state index contributed by atoms with van der Waals surface area (Å²) in [4.78, 5) is 13.5. The molecule has 6 heteroatoms. The van der Waals surface area contributed by atoms with Gasteiger partial charge in [0.15, 0.2) is 0 Å². The van der Waals surface area contributed by atoms with E-state index in [0.29, 0.717) is 0 Å². The zero-order valence-corrected chi connectivity index (χ0v) is 4.48. The lowest BCUT2D eigenvalue weighted by Gasteiger charge is -2.16. The molecule has 0 saturated carbocycles. The number of carbonyl (C=O) groups is 1. The molecule has 0 radical (unpaired) electrons. The average Bonchev–Trinajstić information content (AvgIpc) is 1.63. The van der Waals surface area contributed by atoms with Crippen LogP contribution in [-0.4, -0.2) is 28.3 Å². The molecule has 0 aromatic rings. The lowest BCUT2D eigenvalue weighted by Crippen LogP contribution is -2.14. The van der Waals surface area contributed by atoms with Crippen LogP contribution in [-0.2, 0) is 9.63 Å². The van der Waals surface area contributed by atoms with Gasteiger partial charge in [-0.3, -0.25) is 9.63 Å². The third kappa shape index (κ3) is 7.31. The van der Waals surface area contributed by atoms with Crippen LogP contribution in [0, 0.1) is 5.21 Å². The molecule has 0 heterocycles. The number of carboxylic acid groups (broad SMARTS) is 1. The number of hydrogen-bond donors (Lipinski definition) is 2. The van der Waals surface area contributed by atoms with Crippen LogP contribution in [0.15, 0.2) is 0 Å². The van der Waals surface area contributed by atoms with Crippen LogP contribution < -0.4 is 0 Å². The highest BCUT2D eigenvalue weighted by molar-refractivity contribution is 5.66. The summed E-state index contributed by atoms with van der Waals surface area (Å²) < 4.78 is 0. The Morgan fingerprint density at radius 2 is 2.33 bits per heavy atom. The molecule has 0 amide bonds. The molecular formula is C3H6NO5-. The molecule has 0 aromatic heterocycles. The average molecular weight is 136 g/mol. The minimum absolute atomic E-state index is 0.306. The molecule has 0 spiro atoms.